The Bertz CT molecular complexity index is 84.1. The molecule has 2 N–H and O–H groups in total. The summed E-state index contributed by atoms with van der Waals surface area (Å²) in [6.45, 7) is -4.17. The van der Waals surface area contributed by atoms with E-state index in [1.165, 1.54) is 0 Å². The second kappa shape index (κ2) is 4.17. The zero-order chi connectivity index (χ0) is 6.50. The van der Waals surface area contributed by atoms with Gasteiger partial charge in [0, 0.05) is 11.2 Å². The van der Waals surface area contributed by atoms with Gasteiger partial charge < -0.3 is 9.79 Å². The minimum Gasteiger partial charge on any atom is -0.313 e. The van der Waals surface area contributed by atoms with Crippen LogP contribution in [0, 0.1) is 12.8 Å². The number of terminal acetylenes is 1. The van der Waals surface area contributed by atoms with Crippen LogP contribution in [0.25, 0.3) is 0 Å². The summed E-state index contributed by atoms with van der Waals surface area (Å²) < 4.78 is 9.09. The fraction of sp³-hybridized carbons (Fsp3) is 0. The van der Waals surface area contributed by atoms with Gasteiger partial charge in [-0.2, -0.15) is 0 Å². The molecular weight excluding hydrogens is 138 g/mol. The highest BCUT2D eigenvalue weighted by atomic mass is 35.7. The summed E-state index contributed by atoms with van der Waals surface area (Å²) in [6, 6.07) is 0. The van der Waals surface area contributed by atoms with Gasteiger partial charge >= 0.3 is 6.95 Å². The Morgan fingerprint density at radius 2 is 1.43 bits per heavy atom. The van der Waals surface area contributed by atoms with E-state index in [0.29, 0.717) is 0 Å². The van der Waals surface area contributed by atoms with Crippen LogP contribution in [0.2, 0.25) is 0 Å². The molecule has 0 aliphatic rings. The molecule has 0 aromatic carbocycles. The van der Waals surface area contributed by atoms with Crippen molar-refractivity contribution < 1.29 is 14.4 Å². The van der Waals surface area contributed by atoms with Crippen LogP contribution in [0.5, 0.6) is 0 Å². The summed E-state index contributed by atoms with van der Waals surface area (Å²) in [5.41, 5.74) is 0. The molecule has 0 fully saturated rings. The minimum absolute atomic E-state index is 4.00. The third-order valence-electron chi connectivity index (χ3n) is 0. The van der Waals surface area contributed by atoms with Crippen LogP contribution in [-0.4, -0.2) is 9.79 Å². The Hall–Kier alpha value is 0. The van der Waals surface area contributed by atoms with E-state index in [1.54, 1.807) is 0 Å². The Labute approximate surface area is 46.3 Å². The van der Waals surface area contributed by atoms with Crippen LogP contribution in [0.1, 0.15) is 0 Å². The lowest BCUT2D eigenvalue weighted by atomic mass is 11.4. The molecule has 7 heavy (non-hydrogen) atoms. The fourth-order valence-electron chi connectivity index (χ4n) is 0. The third-order valence-corrected chi connectivity index (χ3v) is 0. The van der Waals surface area contributed by atoms with E-state index < -0.39 is 6.95 Å². The molecule has 5 heteroatoms. The zero-order valence-corrected chi connectivity index (χ0v) is 4.93. The van der Waals surface area contributed by atoms with Gasteiger partial charge in [0.1, 0.15) is 0 Å². The molecule has 0 aromatic heterocycles. The van der Waals surface area contributed by atoms with Crippen LogP contribution < -0.4 is 0 Å². The summed E-state index contributed by atoms with van der Waals surface area (Å²) in [4.78, 5) is 14.8. The number of rotatable bonds is 0. The number of hydrogen-bond donors (Lipinski definition) is 2. The van der Waals surface area contributed by atoms with E-state index in [0.717, 1.165) is 0 Å². The van der Waals surface area contributed by atoms with Gasteiger partial charge in [-0.05, 0) is 0 Å². The van der Waals surface area contributed by atoms with E-state index in [-0.39, 0.29) is 0 Å². The predicted molar refractivity (Wildman–Crippen MR) is 27.8 cm³/mol. The highest BCUT2D eigenvalue weighted by Gasteiger charge is 2.01. The molecule has 0 spiro atoms. The summed E-state index contributed by atoms with van der Waals surface area (Å²) in [5.74, 6) is 0. The topological polar surface area (TPSA) is 57.5 Å². The van der Waals surface area contributed by atoms with Crippen molar-refractivity contribution in [1.82, 2.24) is 0 Å². The van der Waals surface area contributed by atoms with E-state index in [1.807, 2.05) is 0 Å². The van der Waals surface area contributed by atoms with Crippen molar-refractivity contribution in [2.45, 2.75) is 0 Å². The lowest BCUT2D eigenvalue weighted by molar-refractivity contribution is 0.395. The van der Waals surface area contributed by atoms with Gasteiger partial charge in [-0.1, -0.05) is 0 Å². The Balaban J connectivity index is 0. The largest absolute Gasteiger partial charge is 0.419 e. The molecule has 0 bridgehead atoms. The molecule has 0 saturated carbocycles. The SMILES string of the molecule is C#C.O=P(O)(O)Cl. The first-order valence-electron chi connectivity index (χ1n) is 1.08. The van der Waals surface area contributed by atoms with Crippen molar-refractivity contribution in [3.8, 4) is 12.8 Å². The van der Waals surface area contributed by atoms with E-state index in [9.17, 15) is 0 Å². The second-order valence-electron chi connectivity index (χ2n) is 0.473. The highest BCUT2D eigenvalue weighted by molar-refractivity contribution is 7.79. The summed E-state index contributed by atoms with van der Waals surface area (Å²) in [5, 5.41) is 0. The van der Waals surface area contributed by atoms with Crippen molar-refractivity contribution in [3.05, 3.63) is 0 Å². The zero-order valence-electron chi connectivity index (χ0n) is 3.28. The van der Waals surface area contributed by atoms with Crippen LogP contribution in [0.4, 0.5) is 0 Å². The van der Waals surface area contributed by atoms with Crippen molar-refractivity contribution in [1.29, 1.82) is 0 Å². The Kier molecular flexibility index (Phi) is 6.00. The normalized spacial score (nSPS) is 8.71. The smallest absolute Gasteiger partial charge is 0.313 e. The first-order valence-corrected chi connectivity index (χ1v) is 3.60. The van der Waals surface area contributed by atoms with Gasteiger partial charge in [-0.15, -0.1) is 12.8 Å². The van der Waals surface area contributed by atoms with Gasteiger partial charge in [0.2, 0.25) is 0 Å². The van der Waals surface area contributed by atoms with Gasteiger partial charge in [-0.25, -0.2) is 4.57 Å². The van der Waals surface area contributed by atoms with E-state index >= 15 is 0 Å². The quantitative estimate of drug-likeness (QED) is 0.384. The summed E-state index contributed by atoms with van der Waals surface area (Å²) in [7, 11) is 0. The lowest BCUT2D eigenvalue weighted by Crippen LogP contribution is -1.54. The highest BCUT2D eigenvalue weighted by Crippen LogP contribution is 2.39. The molecule has 0 unspecified atom stereocenters. The van der Waals surface area contributed by atoms with Crippen LogP contribution in [0.15, 0.2) is 0 Å². The van der Waals surface area contributed by atoms with Crippen molar-refractivity contribution in [2.24, 2.45) is 0 Å². The molecule has 0 amide bonds. The van der Waals surface area contributed by atoms with E-state index in [4.69, 9.17) is 14.4 Å². The van der Waals surface area contributed by atoms with Crippen LogP contribution >= 0.6 is 18.2 Å². The Morgan fingerprint density at radius 1 is 1.43 bits per heavy atom. The molecule has 0 aliphatic carbocycles. The monoisotopic (exact) mass is 142 g/mol. The molecule has 0 atom stereocenters. The van der Waals surface area contributed by atoms with Crippen molar-refractivity contribution in [2.75, 3.05) is 0 Å². The molecule has 0 heterocycles. The molecule has 0 aliphatic heterocycles. The summed E-state index contributed by atoms with van der Waals surface area (Å²) in [6.07, 6.45) is 8.00. The maximum atomic E-state index is 9.09. The molecule has 0 rings (SSSR count). The average Bonchev–Trinajstić information content (AvgIpc) is 1.36. The first kappa shape index (κ1) is 10.1. The molecule has 3 nitrogen and oxygen atoms in total. The molecule has 0 saturated heterocycles. The van der Waals surface area contributed by atoms with E-state index in [2.05, 4.69) is 24.1 Å². The van der Waals surface area contributed by atoms with Crippen molar-refractivity contribution >= 4 is 18.2 Å². The second-order valence-corrected chi connectivity index (χ2v) is 2.74. The minimum atomic E-state index is -4.17. The van der Waals surface area contributed by atoms with Crippen LogP contribution in [-0.2, 0) is 4.57 Å². The maximum absolute atomic E-state index is 9.09. The number of halogens is 1. The van der Waals surface area contributed by atoms with Gasteiger partial charge in [0.15, 0.2) is 0 Å². The van der Waals surface area contributed by atoms with Gasteiger partial charge in [0.05, 0.1) is 0 Å². The maximum Gasteiger partial charge on any atom is 0.419 e. The van der Waals surface area contributed by atoms with Crippen LogP contribution in [0.3, 0.4) is 0 Å². The average molecular weight is 142 g/mol. The number of hydrogen-bond acceptors (Lipinski definition) is 1. The summed E-state index contributed by atoms with van der Waals surface area (Å²) >= 11 is 4.20. The third kappa shape index (κ3) is 0. The van der Waals surface area contributed by atoms with Gasteiger partial charge in [0.25, 0.3) is 0 Å². The molecule has 0 radical (unpaired) electrons. The van der Waals surface area contributed by atoms with Crippen molar-refractivity contribution in [3.63, 3.8) is 0 Å². The molecule has 0 aromatic rings. The Morgan fingerprint density at radius 3 is 1.43 bits per heavy atom. The molecule has 42 valence electrons. The lowest BCUT2D eigenvalue weighted by Gasteiger charge is -1.80. The fourth-order valence-corrected chi connectivity index (χ4v) is 0. The predicted octanol–water partition coefficient (Wildman–Crippen LogP) is 0.567. The first-order chi connectivity index (χ1) is 3.00. The standard InChI is InChI=1S/C2H2.ClH2O3P/c1-2;1-5(2,3)4/h1-2H;(H2,2,3,4). The molecular formula is C2H4ClO3P. The van der Waals surface area contributed by atoms with Gasteiger partial charge in [-0.3, -0.25) is 0 Å².